The van der Waals surface area contributed by atoms with Gasteiger partial charge in [0.2, 0.25) is 11.8 Å². The SMILES string of the molecule is CCc1ccc(CCC(=O)N(Cc2ccc(F)cc2)[C@H](C)C(=O)N[C@@H](C)CC)cc1. The molecular formula is C25H33FN2O2. The number of aryl methyl sites for hydroxylation is 2. The second kappa shape index (κ2) is 11.5. The predicted molar refractivity (Wildman–Crippen MR) is 118 cm³/mol. The first-order chi connectivity index (χ1) is 14.3. The highest BCUT2D eigenvalue weighted by atomic mass is 19.1. The molecule has 0 radical (unpaired) electrons. The Morgan fingerprint density at radius 1 is 0.933 bits per heavy atom. The maximum Gasteiger partial charge on any atom is 0.242 e. The van der Waals surface area contributed by atoms with E-state index >= 15 is 0 Å². The van der Waals surface area contributed by atoms with Gasteiger partial charge in [-0.15, -0.1) is 0 Å². The Balaban J connectivity index is 2.12. The lowest BCUT2D eigenvalue weighted by Crippen LogP contribution is -2.49. The predicted octanol–water partition coefficient (Wildman–Crippen LogP) is 4.65. The van der Waals surface area contributed by atoms with E-state index in [0.29, 0.717) is 12.8 Å². The third-order valence-electron chi connectivity index (χ3n) is 5.49. The van der Waals surface area contributed by atoms with Crippen molar-refractivity contribution in [2.45, 2.75) is 72.0 Å². The van der Waals surface area contributed by atoms with Crippen molar-refractivity contribution in [3.05, 3.63) is 71.0 Å². The molecule has 0 aliphatic carbocycles. The smallest absolute Gasteiger partial charge is 0.242 e. The van der Waals surface area contributed by atoms with Crippen LogP contribution in [0.3, 0.4) is 0 Å². The van der Waals surface area contributed by atoms with Crippen molar-refractivity contribution in [3.63, 3.8) is 0 Å². The second-order valence-corrected chi connectivity index (χ2v) is 7.81. The standard InChI is InChI=1S/C25H33FN2O2/c1-5-18(3)27-25(30)19(4)28(17-22-11-14-23(26)15-12-22)24(29)16-13-21-9-7-20(6-2)8-10-21/h7-12,14-15,18-19H,5-6,13,16-17H2,1-4H3,(H,27,30)/t18-,19+/m0/s1. The molecule has 4 nitrogen and oxygen atoms in total. The summed E-state index contributed by atoms with van der Waals surface area (Å²) in [7, 11) is 0. The molecule has 2 rings (SSSR count). The van der Waals surface area contributed by atoms with Gasteiger partial charge in [0, 0.05) is 19.0 Å². The lowest BCUT2D eigenvalue weighted by molar-refractivity contribution is -0.140. The maximum absolute atomic E-state index is 13.3. The van der Waals surface area contributed by atoms with E-state index in [1.54, 1.807) is 24.0 Å². The largest absolute Gasteiger partial charge is 0.352 e. The number of nitrogens with one attached hydrogen (secondary N) is 1. The number of hydrogen-bond donors (Lipinski definition) is 1. The molecule has 0 heterocycles. The molecule has 0 spiro atoms. The van der Waals surface area contributed by atoms with Gasteiger partial charge in [0.05, 0.1) is 0 Å². The summed E-state index contributed by atoms with van der Waals surface area (Å²) in [6, 6.07) is 13.7. The summed E-state index contributed by atoms with van der Waals surface area (Å²) in [5, 5.41) is 2.95. The zero-order chi connectivity index (χ0) is 22.1. The molecule has 162 valence electrons. The average molecular weight is 413 g/mol. The molecule has 0 saturated heterocycles. The molecule has 0 aromatic heterocycles. The number of halogens is 1. The summed E-state index contributed by atoms with van der Waals surface area (Å²) in [5.74, 6) is -0.590. The zero-order valence-electron chi connectivity index (χ0n) is 18.5. The normalized spacial score (nSPS) is 12.8. The van der Waals surface area contributed by atoms with Crippen molar-refractivity contribution in [2.75, 3.05) is 0 Å². The molecule has 0 saturated carbocycles. The zero-order valence-corrected chi connectivity index (χ0v) is 18.5. The minimum absolute atomic E-state index is 0.0415. The number of carbonyl (C=O) groups is 2. The molecule has 2 aromatic rings. The van der Waals surface area contributed by atoms with Crippen molar-refractivity contribution in [1.29, 1.82) is 0 Å². The molecule has 0 aliphatic heterocycles. The molecule has 5 heteroatoms. The topological polar surface area (TPSA) is 49.4 Å². The Hall–Kier alpha value is -2.69. The van der Waals surface area contributed by atoms with Crippen LogP contribution in [-0.4, -0.2) is 28.8 Å². The van der Waals surface area contributed by atoms with Gasteiger partial charge in [-0.25, -0.2) is 4.39 Å². The average Bonchev–Trinajstić information content (AvgIpc) is 2.76. The Kier molecular flexibility index (Phi) is 9.03. The second-order valence-electron chi connectivity index (χ2n) is 7.81. The van der Waals surface area contributed by atoms with Gasteiger partial charge in [0.15, 0.2) is 0 Å². The van der Waals surface area contributed by atoms with Crippen molar-refractivity contribution in [3.8, 4) is 0 Å². The summed E-state index contributed by atoms with van der Waals surface area (Å²) >= 11 is 0. The summed E-state index contributed by atoms with van der Waals surface area (Å²) in [5.41, 5.74) is 3.15. The minimum atomic E-state index is -0.612. The fourth-order valence-corrected chi connectivity index (χ4v) is 3.17. The Morgan fingerprint density at radius 2 is 1.50 bits per heavy atom. The van der Waals surface area contributed by atoms with Gasteiger partial charge >= 0.3 is 0 Å². The maximum atomic E-state index is 13.3. The molecule has 30 heavy (non-hydrogen) atoms. The summed E-state index contributed by atoms with van der Waals surface area (Å²) < 4.78 is 13.3. The highest BCUT2D eigenvalue weighted by molar-refractivity contribution is 5.87. The quantitative estimate of drug-likeness (QED) is 0.617. The molecular weight excluding hydrogens is 379 g/mol. The van der Waals surface area contributed by atoms with Gasteiger partial charge < -0.3 is 10.2 Å². The Bertz CT molecular complexity index is 818. The van der Waals surface area contributed by atoms with Crippen LogP contribution in [0, 0.1) is 5.82 Å². The highest BCUT2D eigenvalue weighted by Crippen LogP contribution is 2.14. The van der Waals surface area contributed by atoms with Crippen molar-refractivity contribution in [2.24, 2.45) is 0 Å². The molecule has 0 bridgehead atoms. The van der Waals surface area contributed by atoms with E-state index in [9.17, 15) is 14.0 Å². The third kappa shape index (κ3) is 6.97. The molecule has 2 amide bonds. The number of amides is 2. The first-order valence-electron chi connectivity index (χ1n) is 10.8. The van der Waals surface area contributed by atoms with Crippen LogP contribution in [0.5, 0.6) is 0 Å². The lowest BCUT2D eigenvalue weighted by atomic mass is 10.0. The van der Waals surface area contributed by atoms with Crippen LogP contribution in [0.15, 0.2) is 48.5 Å². The van der Waals surface area contributed by atoms with Crippen LogP contribution in [0.4, 0.5) is 4.39 Å². The number of hydrogen-bond acceptors (Lipinski definition) is 2. The van der Waals surface area contributed by atoms with Crippen LogP contribution in [0.25, 0.3) is 0 Å². The first-order valence-corrected chi connectivity index (χ1v) is 10.8. The minimum Gasteiger partial charge on any atom is -0.352 e. The number of benzene rings is 2. The van der Waals surface area contributed by atoms with E-state index in [-0.39, 0.29) is 30.2 Å². The Labute approximate surface area is 179 Å². The van der Waals surface area contributed by atoms with Crippen LogP contribution >= 0.6 is 0 Å². The molecule has 0 fully saturated rings. The van der Waals surface area contributed by atoms with Crippen molar-refractivity contribution >= 4 is 11.8 Å². The highest BCUT2D eigenvalue weighted by Gasteiger charge is 2.26. The van der Waals surface area contributed by atoms with Gasteiger partial charge in [-0.05, 0) is 61.9 Å². The number of rotatable bonds is 10. The summed E-state index contributed by atoms with van der Waals surface area (Å²) in [4.78, 5) is 27.4. The fraction of sp³-hybridized carbons (Fsp3) is 0.440. The molecule has 1 N–H and O–H groups in total. The number of carbonyl (C=O) groups excluding carboxylic acids is 2. The van der Waals surface area contributed by atoms with E-state index in [1.807, 2.05) is 13.8 Å². The van der Waals surface area contributed by atoms with Gasteiger partial charge in [-0.3, -0.25) is 9.59 Å². The van der Waals surface area contributed by atoms with E-state index in [4.69, 9.17) is 0 Å². The van der Waals surface area contributed by atoms with Crippen LogP contribution in [0.2, 0.25) is 0 Å². The molecule has 0 aliphatic rings. The Morgan fingerprint density at radius 3 is 2.07 bits per heavy atom. The van der Waals surface area contributed by atoms with E-state index < -0.39 is 6.04 Å². The third-order valence-corrected chi connectivity index (χ3v) is 5.49. The van der Waals surface area contributed by atoms with Crippen LogP contribution < -0.4 is 5.32 Å². The van der Waals surface area contributed by atoms with Crippen molar-refractivity contribution < 1.29 is 14.0 Å². The van der Waals surface area contributed by atoms with Gasteiger partial charge in [0.1, 0.15) is 11.9 Å². The molecule has 0 unspecified atom stereocenters. The molecule has 2 aromatic carbocycles. The van der Waals surface area contributed by atoms with E-state index in [2.05, 4.69) is 36.5 Å². The van der Waals surface area contributed by atoms with E-state index in [0.717, 1.165) is 24.0 Å². The lowest BCUT2D eigenvalue weighted by Gasteiger charge is -2.30. The van der Waals surface area contributed by atoms with Crippen LogP contribution in [0.1, 0.15) is 57.2 Å². The van der Waals surface area contributed by atoms with Crippen molar-refractivity contribution in [1.82, 2.24) is 10.2 Å². The van der Waals surface area contributed by atoms with Gasteiger partial charge in [-0.2, -0.15) is 0 Å². The van der Waals surface area contributed by atoms with Gasteiger partial charge in [0.25, 0.3) is 0 Å². The fourth-order valence-electron chi connectivity index (χ4n) is 3.17. The summed E-state index contributed by atoms with van der Waals surface area (Å²) in [6.45, 7) is 8.06. The monoisotopic (exact) mass is 412 g/mol. The summed E-state index contributed by atoms with van der Waals surface area (Å²) in [6.07, 6.45) is 2.72. The van der Waals surface area contributed by atoms with Crippen LogP contribution in [-0.2, 0) is 29.0 Å². The first kappa shape index (κ1) is 23.6. The number of nitrogens with zero attached hydrogens (tertiary/aromatic N) is 1. The van der Waals surface area contributed by atoms with E-state index in [1.165, 1.54) is 17.7 Å². The van der Waals surface area contributed by atoms with Gasteiger partial charge in [-0.1, -0.05) is 50.2 Å². The molecule has 2 atom stereocenters.